The quantitative estimate of drug-likeness (QED) is 0.256. The van der Waals surface area contributed by atoms with Gasteiger partial charge in [0.2, 0.25) is 0 Å². The highest BCUT2D eigenvalue weighted by Crippen LogP contribution is 2.27. The molecule has 1 aliphatic heterocycles. The Hall–Kier alpha value is -3.86. The number of nitrogens with zero attached hydrogens (tertiary/aromatic N) is 4. The van der Waals surface area contributed by atoms with Crippen molar-refractivity contribution in [2.24, 2.45) is 0 Å². The monoisotopic (exact) mass is 557 g/mol. The number of fused-ring (bicyclic) bond motifs is 1. The van der Waals surface area contributed by atoms with Crippen LogP contribution in [0.3, 0.4) is 0 Å². The van der Waals surface area contributed by atoms with E-state index >= 15 is 0 Å². The summed E-state index contributed by atoms with van der Waals surface area (Å²) in [5.41, 5.74) is 5.89. The molecular formula is C31H39N7O3. The van der Waals surface area contributed by atoms with E-state index in [2.05, 4.69) is 37.7 Å². The molecule has 0 spiro atoms. The molecule has 10 nitrogen and oxygen atoms in total. The van der Waals surface area contributed by atoms with Crippen molar-refractivity contribution in [2.45, 2.75) is 46.8 Å². The standard InChI is InChI=1S/C31H39N7O3/c1-20(2)38-29-27(19-34-38)25(30(39)33-18-26-21(3)14-22(4)35-31(26)40)16-28(36-29)24-7-5-6-23(15-24)17-32-8-9-37-10-12-41-13-11-37/h5-7,14-16,19-20,32H,8-13,17-18H2,1-4H3,(H,33,39)(H,35,40). The van der Waals surface area contributed by atoms with Gasteiger partial charge in [-0.25, -0.2) is 9.67 Å². The average Bonchev–Trinajstić information content (AvgIpc) is 3.39. The van der Waals surface area contributed by atoms with E-state index in [1.54, 1.807) is 6.20 Å². The maximum atomic E-state index is 13.5. The van der Waals surface area contributed by atoms with Crippen molar-refractivity contribution in [2.75, 3.05) is 39.4 Å². The summed E-state index contributed by atoms with van der Waals surface area (Å²) in [7, 11) is 0. The van der Waals surface area contributed by atoms with Crippen molar-refractivity contribution in [3.63, 3.8) is 0 Å². The second-order valence-corrected chi connectivity index (χ2v) is 10.9. The number of aromatic amines is 1. The molecule has 4 heterocycles. The summed E-state index contributed by atoms with van der Waals surface area (Å²) in [6, 6.07) is 12.0. The number of aryl methyl sites for hydroxylation is 2. The highest BCUT2D eigenvalue weighted by Gasteiger charge is 2.19. The van der Waals surface area contributed by atoms with Gasteiger partial charge in [-0.15, -0.1) is 0 Å². The van der Waals surface area contributed by atoms with Crippen molar-refractivity contribution < 1.29 is 9.53 Å². The molecule has 3 aromatic heterocycles. The van der Waals surface area contributed by atoms with E-state index in [-0.39, 0.29) is 24.1 Å². The molecule has 3 N–H and O–H groups in total. The molecule has 1 amide bonds. The summed E-state index contributed by atoms with van der Waals surface area (Å²) in [6.07, 6.45) is 1.69. The van der Waals surface area contributed by atoms with E-state index in [0.29, 0.717) is 27.9 Å². The maximum absolute atomic E-state index is 13.5. The number of carbonyl (C=O) groups excluding carboxylic acids is 1. The van der Waals surface area contributed by atoms with E-state index < -0.39 is 0 Å². The van der Waals surface area contributed by atoms with Gasteiger partial charge in [-0.3, -0.25) is 14.5 Å². The van der Waals surface area contributed by atoms with Crippen molar-refractivity contribution in [3.05, 3.63) is 80.9 Å². The first kappa shape index (κ1) is 28.7. The summed E-state index contributed by atoms with van der Waals surface area (Å²) in [5, 5.41) is 11.7. The number of morpholine rings is 1. The summed E-state index contributed by atoms with van der Waals surface area (Å²) in [6.45, 7) is 14.1. The predicted octanol–water partition coefficient (Wildman–Crippen LogP) is 3.34. The van der Waals surface area contributed by atoms with Gasteiger partial charge in [-0.05, 0) is 57.0 Å². The molecule has 1 aromatic carbocycles. The molecule has 1 fully saturated rings. The third kappa shape index (κ3) is 6.73. The Labute approximate surface area is 240 Å². The van der Waals surface area contributed by atoms with Crippen LogP contribution in [0.15, 0.2) is 47.4 Å². The lowest BCUT2D eigenvalue weighted by atomic mass is 10.0. The van der Waals surface area contributed by atoms with Crippen molar-refractivity contribution in [1.29, 1.82) is 0 Å². The van der Waals surface area contributed by atoms with Crippen LogP contribution in [0.25, 0.3) is 22.3 Å². The molecule has 216 valence electrons. The van der Waals surface area contributed by atoms with Gasteiger partial charge in [0, 0.05) is 62.1 Å². The normalized spacial score (nSPS) is 14.2. The van der Waals surface area contributed by atoms with Crippen LogP contribution in [0.4, 0.5) is 0 Å². The fourth-order valence-corrected chi connectivity index (χ4v) is 5.23. The van der Waals surface area contributed by atoms with Gasteiger partial charge >= 0.3 is 0 Å². The Morgan fingerprint density at radius 2 is 1.93 bits per heavy atom. The first-order chi connectivity index (χ1) is 19.8. The zero-order chi connectivity index (χ0) is 28.9. The first-order valence-corrected chi connectivity index (χ1v) is 14.3. The summed E-state index contributed by atoms with van der Waals surface area (Å²) in [5.74, 6) is -0.276. The molecular weight excluding hydrogens is 518 g/mol. The number of ether oxygens (including phenoxy) is 1. The molecule has 41 heavy (non-hydrogen) atoms. The topological polar surface area (TPSA) is 117 Å². The van der Waals surface area contributed by atoms with Gasteiger partial charge in [0.05, 0.1) is 36.1 Å². The van der Waals surface area contributed by atoms with E-state index in [1.165, 1.54) is 0 Å². The number of pyridine rings is 2. The Balaban J connectivity index is 1.38. The summed E-state index contributed by atoms with van der Waals surface area (Å²) in [4.78, 5) is 36.2. The Morgan fingerprint density at radius 1 is 1.12 bits per heavy atom. The number of hydrogen-bond acceptors (Lipinski definition) is 7. The minimum atomic E-state index is -0.276. The minimum Gasteiger partial charge on any atom is -0.379 e. The van der Waals surface area contributed by atoms with Gasteiger partial charge in [0.25, 0.3) is 11.5 Å². The second-order valence-electron chi connectivity index (χ2n) is 10.9. The fraction of sp³-hybridized carbons (Fsp3) is 0.419. The van der Waals surface area contributed by atoms with E-state index in [1.807, 2.05) is 56.6 Å². The van der Waals surface area contributed by atoms with Crippen LogP contribution in [0.5, 0.6) is 0 Å². The van der Waals surface area contributed by atoms with Crippen LogP contribution in [-0.4, -0.2) is 69.9 Å². The van der Waals surface area contributed by atoms with Crippen molar-refractivity contribution >= 4 is 16.9 Å². The molecule has 0 saturated carbocycles. The molecule has 0 atom stereocenters. The number of hydrogen-bond donors (Lipinski definition) is 3. The maximum Gasteiger partial charge on any atom is 0.253 e. The van der Waals surface area contributed by atoms with Crippen LogP contribution < -0.4 is 16.2 Å². The lowest BCUT2D eigenvalue weighted by molar-refractivity contribution is 0.0384. The highest BCUT2D eigenvalue weighted by molar-refractivity contribution is 6.06. The van der Waals surface area contributed by atoms with Crippen LogP contribution in [0.2, 0.25) is 0 Å². The Morgan fingerprint density at radius 3 is 2.68 bits per heavy atom. The first-order valence-electron chi connectivity index (χ1n) is 14.3. The number of rotatable bonds is 10. The van der Waals surface area contributed by atoms with E-state index in [4.69, 9.17) is 9.72 Å². The predicted molar refractivity (Wildman–Crippen MR) is 160 cm³/mol. The lowest BCUT2D eigenvalue weighted by Gasteiger charge is -2.26. The number of benzene rings is 1. The van der Waals surface area contributed by atoms with Crippen LogP contribution in [0.1, 0.15) is 52.6 Å². The van der Waals surface area contributed by atoms with Crippen molar-refractivity contribution in [1.82, 2.24) is 35.3 Å². The number of nitrogens with one attached hydrogen (secondary N) is 3. The smallest absolute Gasteiger partial charge is 0.253 e. The Bertz CT molecular complexity index is 1580. The zero-order valence-electron chi connectivity index (χ0n) is 24.3. The third-order valence-corrected chi connectivity index (χ3v) is 7.48. The average molecular weight is 558 g/mol. The van der Waals surface area contributed by atoms with Crippen LogP contribution in [-0.2, 0) is 17.8 Å². The van der Waals surface area contributed by atoms with Gasteiger partial charge < -0.3 is 20.4 Å². The van der Waals surface area contributed by atoms with Gasteiger partial charge in [0.1, 0.15) is 0 Å². The summed E-state index contributed by atoms with van der Waals surface area (Å²) >= 11 is 0. The van der Waals surface area contributed by atoms with Crippen molar-refractivity contribution in [3.8, 4) is 11.3 Å². The fourth-order valence-electron chi connectivity index (χ4n) is 5.23. The van der Waals surface area contributed by atoms with Crippen LogP contribution >= 0.6 is 0 Å². The molecule has 0 bridgehead atoms. The summed E-state index contributed by atoms with van der Waals surface area (Å²) < 4.78 is 7.27. The van der Waals surface area contributed by atoms with E-state index in [9.17, 15) is 9.59 Å². The second kappa shape index (κ2) is 12.8. The number of amides is 1. The van der Waals surface area contributed by atoms with Gasteiger partial charge in [0.15, 0.2) is 5.65 Å². The third-order valence-electron chi connectivity index (χ3n) is 7.48. The molecule has 1 aliphatic rings. The number of carbonyl (C=O) groups is 1. The van der Waals surface area contributed by atoms with Gasteiger partial charge in [-0.2, -0.15) is 5.10 Å². The van der Waals surface area contributed by atoms with Gasteiger partial charge in [-0.1, -0.05) is 18.2 Å². The molecule has 0 radical (unpaired) electrons. The van der Waals surface area contributed by atoms with E-state index in [0.717, 1.165) is 68.3 Å². The molecule has 10 heteroatoms. The number of aromatic nitrogens is 4. The molecule has 0 aliphatic carbocycles. The largest absolute Gasteiger partial charge is 0.379 e. The Kier molecular flexibility index (Phi) is 8.92. The number of H-pyrrole nitrogens is 1. The molecule has 5 rings (SSSR count). The highest BCUT2D eigenvalue weighted by atomic mass is 16.5. The lowest BCUT2D eigenvalue weighted by Crippen LogP contribution is -2.40. The van der Waals surface area contributed by atoms with Crippen LogP contribution in [0, 0.1) is 13.8 Å². The minimum absolute atomic E-state index is 0.0712. The SMILES string of the molecule is Cc1cc(C)c(CNC(=O)c2cc(-c3cccc(CNCCN4CCOCC4)c3)nc3c2cnn3C(C)C)c(=O)[nH]1. The molecule has 4 aromatic rings. The molecule has 1 saturated heterocycles. The zero-order valence-corrected chi connectivity index (χ0v) is 24.3. The molecule has 0 unspecified atom stereocenters.